The van der Waals surface area contributed by atoms with Gasteiger partial charge in [0.15, 0.2) is 8.32 Å². The summed E-state index contributed by atoms with van der Waals surface area (Å²) in [6.45, 7) is 15.5. The molecule has 0 bridgehead atoms. The van der Waals surface area contributed by atoms with Crippen molar-refractivity contribution < 1.29 is 18.8 Å². The summed E-state index contributed by atoms with van der Waals surface area (Å²) in [5, 5.41) is 0.127. The van der Waals surface area contributed by atoms with E-state index in [0.717, 1.165) is 24.8 Å². The number of hydrogen-bond donors (Lipinski definition) is 0. The highest BCUT2D eigenvalue weighted by Crippen LogP contribution is 2.36. The monoisotopic (exact) mass is 411 g/mol. The molecule has 28 heavy (non-hydrogen) atoms. The van der Waals surface area contributed by atoms with Gasteiger partial charge in [0.2, 0.25) is 0 Å². The fourth-order valence-electron chi connectivity index (χ4n) is 2.40. The van der Waals surface area contributed by atoms with Gasteiger partial charge >= 0.3 is 5.97 Å². The topological polar surface area (TPSA) is 55.8 Å². The number of amides is 1. The van der Waals surface area contributed by atoms with Crippen LogP contribution in [-0.2, 0) is 18.8 Å². The Bertz CT molecular complexity index is 598. The number of allylic oxidation sites excluding steroid dienone is 1. The van der Waals surface area contributed by atoms with Crippen LogP contribution in [0.1, 0.15) is 60.3 Å². The molecule has 0 saturated heterocycles. The van der Waals surface area contributed by atoms with Crippen LogP contribution in [0.25, 0.3) is 0 Å². The second-order valence-electron chi connectivity index (χ2n) is 8.97. The number of rotatable bonds is 10. The number of unbranched alkanes of at least 4 members (excludes halogenated alkanes) is 2. The molecule has 0 spiro atoms. The summed E-state index contributed by atoms with van der Waals surface area (Å²) in [4.78, 5) is 26.8. The zero-order chi connectivity index (χ0) is 22.1. The van der Waals surface area contributed by atoms with Crippen molar-refractivity contribution in [3.63, 3.8) is 0 Å². The van der Waals surface area contributed by atoms with E-state index in [4.69, 9.17) is 9.16 Å². The van der Waals surface area contributed by atoms with Gasteiger partial charge in [0.25, 0.3) is 5.91 Å². The Morgan fingerprint density at radius 1 is 1.14 bits per heavy atom. The molecule has 0 fully saturated rings. The average molecular weight is 412 g/mol. The number of ether oxygens (including phenoxy) is 1. The molecule has 0 aliphatic carbocycles. The first kappa shape index (κ1) is 26.6. The molecule has 0 N–H and O–H groups in total. The van der Waals surface area contributed by atoms with E-state index in [1.165, 1.54) is 12.0 Å². The Hall–Kier alpha value is -1.40. The summed E-state index contributed by atoms with van der Waals surface area (Å²) in [5.41, 5.74) is 1.62. The zero-order valence-corrected chi connectivity index (χ0v) is 20.7. The predicted molar refractivity (Wildman–Crippen MR) is 119 cm³/mol. The first-order valence-corrected chi connectivity index (χ1v) is 13.0. The highest BCUT2D eigenvalue weighted by molar-refractivity contribution is 6.74. The Morgan fingerprint density at radius 2 is 1.71 bits per heavy atom. The number of esters is 1. The van der Waals surface area contributed by atoms with E-state index in [0.29, 0.717) is 24.2 Å². The molecule has 6 heteroatoms. The van der Waals surface area contributed by atoms with E-state index in [2.05, 4.69) is 40.8 Å². The highest BCUT2D eigenvalue weighted by atomic mass is 28.4. The lowest BCUT2D eigenvalue weighted by Crippen LogP contribution is -2.41. The van der Waals surface area contributed by atoms with Crippen LogP contribution in [0.3, 0.4) is 0 Å². The lowest BCUT2D eigenvalue weighted by molar-refractivity contribution is -0.136. The van der Waals surface area contributed by atoms with Crippen molar-refractivity contribution in [3.05, 3.63) is 22.8 Å². The van der Waals surface area contributed by atoms with Crippen LogP contribution >= 0.6 is 0 Å². The number of methoxy groups -OCH3 is 1. The van der Waals surface area contributed by atoms with Gasteiger partial charge in [-0.15, -0.1) is 0 Å². The van der Waals surface area contributed by atoms with E-state index in [9.17, 15) is 9.59 Å². The molecule has 0 rings (SSSR count). The molecule has 0 heterocycles. The van der Waals surface area contributed by atoms with Gasteiger partial charge in [-0.2, -0.15) is 0 Å². The number of likely N-dealkylation sites (N-methyl/N-ethyl adjacent to an activating group) is 1. The molecule has 0 aromatic carbocycles. The van der Waals surface area contributed by atoms with Crippen molar-refractivity contribution in [1.82, 2.24) is 4.90 Å². The van der Waals surface area contributed by atoms with Gasteiger partial charge in [-0.1, -0.05) is 52.2 Å². The smallest absolute Gasteiger partial charge is 0.338 e. The van der Waals surface area contributed by atoms with E-state index in [1.807, 2.05) is 13.0 Å². The second-order valence-corrected chi connectivity index (χ2v) is 13.8. The van der Waals surface area contributed by atoms with Crippen molar-refractivity contribution >= 4 is 20.2 Å². The molecule has 1 amide bonds. The van der Waals surface area contributed by atoms with E-state index in [-0.39, 0.29) is 10.9 Å². The molecular formula is C22H41NO4Si. The summed E-state index contributed by atoms with van der Waals surface area (Å²) >= 11 is 0. The molecule has 162 valence electrons. The maximum absolute atomic E-state index is 12.8. The van der Waals surface area contributed by atoms with Gasteiger partial charge in [0, 0.05) is 26.3 Å². The van der Waals surface area contributed by atoms with Crippen molar-refractivity contribution in [2.24, 2.45) is 0 Å². The molecular weight excluding hydrogens is 370 g/mol. The second kappa shape index (κ2) is 11.6. The van der Waals surface area contributed by atoms with Crippen molar-refractivity contribution in [3.8, 4) is 0 Å². The summed E-state index contributed by atoms with van der Waals surface area (Å²) in [5.74, 6) is -0.649. The zero-order valence-electron chi connectivity index (χ0n) is 19.7. The lowest BCUT2D eigenvalue weighted by atomic mass is 9.96. The number of hydrogen-bond acceptors (Lipinski definition) is 4. The van der Waals surface area contributed by atoms with Crippen molar-refractivity contribution in [1.29, 1.82) is 0 Å². The minimum Gasteiger partial charge on any atom is -0.465 e. The van der Waals surface area contributed by atoms with Gasteiger partial charge in [-0.25, -0.2) is 4.79 Å². The summed E-state index contributed by atoms with van der Waals surface area (Å²) in [6.07, 6.45) is 5.20. The third-order valence-corrected chi connectivity index (χ3v) is 9.91. The normalized spacial score (nSPS) is 13.9. The SMILES string of the molecule is CCCC/C=C(C(=O)N(C)C)/C(C(=O)OC)=C(\C)CCO[Si](C)(C)C(C)(C)C. The Kier molecular flexibility index (Phi) is 11.0. The molecule has 0 unspecified atom stereocenters. The lowest BCUT2D eigenvalue weighted by Gasteiger charge is -2.36. The van der Waals surface area contributed by atoms with Gasteiger partial charge in [-0.3, -0.25) is 4.79 Å². The van der Waals surface area contributed by atoms with Crippen LogP contribution < -0.4 is 0 Å². The van der Waals surface area contributed by atoms with Crippen LogP contribution in [0.4, 0.5) is 0 Å². The molecule has 0 saturated carbocycles. The fourth-order valence-corrected chi connectivity index (χ4v) is 3.45. The molecule has 0 radical (unpaired) electrons. The van der Waals surface area contributed by atoms with Crippen LogP contribution in [0.5, 0.6) is 0 Å². The maximum atomic E-state index is 12.8. The third-order valence-electron chi connectivity index (χ3n) is 5.37. The molecule has 0 aliphatic heterocycles. The average Bonchev–Trinajstić information content (AvgIpc) is 2.58. The molecule has 5 nitrogen and oxygen atoms in total. The first-order valence-electron chi connectivity index (χ1n) is 10.1. The number of nitrogens with zero attached hydrogens (tertiary/aromatic N) is 1. The molecule has 0 aromatic heterocycles. The Morgan fingerprint density at radius 3 is 2.14 bits per heavy atom. The summed E-state index contributed by atoms with van der Waals surface area (Å²) in [6, 6.07) is 0. The van der Waals surface area contributed by atoms with Crippen molar-refractivity contribution in [2.75, 3.05) is 27.8 Å². The Balaban J connectivity index is 5.78. The standard InChI is InChI=1S/C22H41NO4Si/c1-11-12-13-14-18(20(24)23(6)7)19(21(25)26-8)17(2)15-16-27-28(9,10)22(3,4)5/h14H,11-13,15-16H2,1-10H3/b18-14-,19-17-. The molecule has 0 aliphatic rings. The van der Waals surface area contributed by atoms with E-state index >= 15 is 0 Å². The van der Waals surface area contributed by atoms with Gasteiger partial charge in [0.1, 0.15) is 0 Å². The molecule has 0 atom stereocenters. The third kappa shape index (κ3) is 7.92. The number of carbonyl (C=O) groups is 2. The number of carbonyl (C=O) groups excluding carboxylic acids is 2. The predicted octanol–water partition coefficient (Wildman–Crippen LogP) is 5.09. The van der Waals surface area contributed by atoms with Gasteiger partial charge in [-0.05, 0) is 37.9 Å². The Labute approximate surface area is 173 Å². The van der Waals surface area contributed by atoms with Gasteiger partial charge < -0.3 is 14.1 Å². The highest BCUT2D eigenvalue weighted by Gasteiger charge is 2.37. The summed E-state index contributed by atoms with van der Waals surface area (Å²) in [7, 11) is 2.88. The quantitative estimate of drug-likeness (QED) is 0.165. The van der Waals surface area contributed by atoms with Crippen LogP contribution in [0, 0.1) is 0 Å². The first-order chi connectivity index (χ1) is 12.8. The van der Waals surface area contributed by atoms with Crippen molar-refractivity contribution in [2.45, 2.75) is 78.4 Å². The fraction of sp³-hybridized carbons (Fsp3) is 0.727. The van der Waals surface area contributed by atoms with E-state index in [1.54, 1.807) is 14.1 Å². The minimum absolute atomic E-state index is 0.127. The van der Waals surface area contributed by atoms with Crippen LogP contribution in [-0.4, -0.2) is 52.9 Å². The van der Waals surface area contributed by atoms with Crippen LogP contribution in [0.15, 0.2) is 22.8 Å². The minimum atomic E-state index is -1.86. The largest absolute Gasteiger partial charge is 0.465 e. The van der Waals surface area contributed by atoms with Gasteiger partial charge in [0.05, 0.1) is 12.7 Å². The molecule has 0 aromatic rings. The maximum Gasteiger partial charge on any atom is 0.338 e. The van der Waals surface area contributed by atoms with E-state index < -0.39 is 14.3 Å². The van der Waals surface area contributed by atoms with Crippen LogP contribution in [0.2, 0.25) is 18.1 Å². The summed E-state index contributed by atoms with van der Waals surface area (Å²) < 4.78 is 11.3.